The standard InChI is InChI=1S/C30H37FO3/c1-3-4-5-29(32)34-28-15-14-27-26-12-8-21-18-23(33-19-20-6-9-22(31)10-7-20)11-13-24(21)25(26)16-17-30(27,28)2/h6-7,9-11,13,18,25-28H,3-5,8,12,14-17,19H2,1-2H3/t25-,26-,27-,28-,30-/m0/s1. The SMILES string of the molecule is CCCCC(=O)O[C@H]1CC[C@H]2[C@H]3CCc4cc(OCc5ccc(F)cc5)ccc4[C@@H]3CC[C@]12C. The summed E-state index contributed by atoms with van der Waals surface area (Å²) in [6.45, 7) is 4.95. The molecule has 0 radical (unpaired) electrons. The third kappa shape index (κ3) is 4.48. The van der Waals surface area contributed by atoms with E-state index in [1.54, 1.807) is 12.1 Å². The van der Waals surface area contributed by atoms with Crippen LogP contribution in [0.2, 0.25) is 0 Å². The summed E-state index contributed by atoms with van der Waals surface area (Å²) < 4.78 is 25.2. The van der Waals surface area contributed by atoms with Gasteiger partial charge in [-0.25, -0.2) is 4.39 Å². The first-order valence-electron chi connectivity index (χ1n) is 13.2. The highest BCUT2D eigenvalue weighted by Crippen LogP contribution is 2.61. The van der Waals surface area contributed by atoms with Crippen LogP contribution in [0.3, 0.4) is 0 Å². The van der Waals surface area contributed by atoms with E-state index in [-0.39, 0.29) is 23.3 Å². The zero-order chi connectivity index (χ0) is 23.7. The van der Waals surface area contributed by atoms with Gasteiger partial charge in [0.05, 0.1) is 0 Å². The molecule has 3 aliphatic rings. The van der Waals surface area contributed by atoms with Gasteiger partial charge in [0, 0.05) is 11.8 Å². The van der Waals surface area contributed by atoms with Gasteiger partial charge >= 0.3 is 5.97 Å². The van der Waals surface area contributed by atoms with Crippen molar-refractivity contribution in [3.63, 3.8) is 0 Å². The van der Waals surface area contributed by atoms with Crippen molar-refractivity contribution in [2.24, 2.45) is 17.3 Å². The van der Waals surface area contributed by atoms with E-state index in [0.717, 1.165) is 43.4 Å². The minimum atomic E-state index is -0.223. The van der Waals surface area contributed by atoms with Gasteiger partial charge in [0.1, 0.15) is 24.3 Å². The molecule has 5 rings (SSSR count). The maximum absolute atomic E-state index is 13.1. The number of rotatable bonds is 7. The fourth-order valence-electron chi connectivity index (χ4n) is 7.08. The van der Waals surface area contributed by atoms with Gasteiger partial charge in [0.25, 0.3) is 0 Å². The number of carbonyl (C=O) groups excluding carboxylic acids is 1. The molecule has 0 aromatic heterocycles. The molecule has 4 heteroatoms. The summed E-state index contributed by atoms with van der Waals surface area (Å²) in [6, 6.07) is 13.1. The molecule has 34 heavy (non-hydrogen) atoms. The second-order valence-corrected chi connectivity index (χ2v) is 10.9. The summed E-state index contributed by atoms with van der Waals surface area (Å²) in [5.41, 5.74) is 4.01. The van der Waals surface area contributed by atoms with E-state index in [0.29, 0.717) is 30.8 Å². The second-order valence-electron chi connectivity index (χ2n) is 10.9. The quantitative estimate of drug-likeness (QED) is 0.402. The molecule has 0 aliphatic heterocycles. The number of aryl methyl sites for hydroxylation is 1. The zero-order valence-electron chi connectivity index (χ0n) is 20.5. The number of unbranched alkanes of at least 4 members (excludes halogenated alkanes) is 1. The van der Waals surface area contributed by atoms with Crippen LogP contribution in [0, 0.1) is 23.1 Å². The van der Waals surface area contributed by atoms with E-state index in [4.69, 9.17) is 9.47 Å². The van der Waals surface area contributed by atoms with Crippen LogP contribution in [-0.4, -0.2) is 12.1 Å². The summed E-state index contributed by atoms with van der Waals surface area (Å²) in [6.07, 6.45) is 9.38. The lowest BCUT2D eigenvalue weighted by atomic mass is 9.55. The van der Waals surface area contributed by atoms with E-state index in [1.165, 1.54) is 42.5 Å². The molecule has 0 amide bonds. The lowest BCUT2D eigenvalue weighted by Gasteiger charge is -2.50. The average molecular weight is 465 g/mol. The van der Waals surface area contributed by atoms with Crippen LogP contribution >= 0.6 is 0 Å². The predicted octanol–water partition coefficient (Wildman–Crippen LogP) is 7.36. The number of hydrogen-bond acceptors (Lipinski definition) is 3. The molecule has 0 unspecified atom stereocenters. The Bertz CT molecular complexity index is 1020. The van der Waals surface area contributed by atoms with Gasteiger partial charge in [-0.2, -0.15) is 0 Å². The molecule has 2 saturated carbocycles. The Morgan fingerprint density at radius 2 is 1.91 bits per heavy atom. The average Bonchev–Trinajstić information content (AvgIpc) is 3.18. The molecule has 5 atom stereocenters. The van der Waals surface area contributed by atoms with Crippen LogP contribution < -0.4 is 4.74 Å². The minimum absolute atomic E-state index is 0.00185. The molecule has 3 nitrogen and oxygen atoms in total. The largest absolute Gasteiger partial charge is 0.489 e. The topological polar surface area (TPSA) is 35.5 Å². The van der Waals surface area contributed by atoms with Crippen LogP contribution in [-0.2, 0) is 22.6 Å². The summed E-state index contributed by atoms with van der Waals surface area (Å²) in [4.78, 5) is 12.4. The molecule has 2 aromatic rings. The van der Waals surface area contributed by atoms with Crippen molar-refractivity contribution in [3.05, 3.63) is 65.0 Å². The lowest BCUT2D eigenvalue weighted by molar-refractivity contribution is -0.157. The van der Waals surface area contributed by atoms with Crippen LogP contribution in [0.5, 0.6) is 5.75 Å². The highest BCUT2D eigenvalue weighted by Gasteiger charge is 2.56. The van der Waals surface area contributed by atoms with Gasteiger partial charge in [0.15, 0.2) is 0 Å². The van der Waals surface area contributed by atoms with E-state index < -0.39 is 0 Å². The molecule has 2 aromatic carbocycles. The number of hydrogen-bond donors (Lipinski definition) is 0. The Balaban J connectivity index is 1.25. The number of esters is 1. The van der Waals surface area contributed by atoms with Crippen molar-refractivity contribution in [2.45, 2.75) is 90.3 Å². The zero-order valence-corrected chi connectivity index (χ0v) is 20.5. The van der Waals surface area contributed by atoms with Crippen molar-refractivity contribution >= 4 is 5.97 Å². The van der Waals surface area contributed by atoms with Gasteiger partial charge in [-0.1, -0.05) is 38.5 Å². The molecule has 0 N–H and O–H groups in total. The number of ether oxygens (including phenoxy) is 2. The minimum Gasteiger partial charge on any atom is -0.489 e. The molecule has 2 fully saturated rings. The van der Waals surface area contributed by atoms with E-state index in [9.17, 15) is 9.18 Å². The molecular formula is C30H37FO3. The van der Waals surface area contributed by atoms with Gasteiger partial charge < -0.3 is 9.47 Å². The van der Waals surface area contributed by atoms with Crippen LogP contribution in [0.1, 0.15) is 87.8 Å². The Labute approximate surface area is 203 Å². The van der Waals surface area contributed by atoms with Crippen LogP contribution in [0.15, 0.2) is 42.5 Å². The van der Waals surface area contributed by atoms with Gasteiger partial charge in [0.2, 0.25) is 0 Å². The molecule has 182 valence electrons. The molecule has 0 bridgehead atoms. The summed E-state index contributed by atoms with van der Waals surface area (Å²) in [5, 5.41) is 0. The number of carbonyl (C=O) groups is 1. The first-order chi connectivity index (χ1) is 16.5. The van der Waals surface area contributed by atoms with Crippen LogP contribution in [0.4, 0.5) is 4.39 Å². The van der Waals surface area contributed by atoms with Crippen molar-refractivity contribution in [1.29, 1.82) is 0 Å². The third-order valence-electron chi connectivity index (χ3n) is 8.94. The molecule has 0 spiro atoms. The van der Waals surface area contributed by atoms with Crippen molar-refractivity contribution in [3.8, 4) is 5.75 Å². The Morgan fingerprint density at radius 3 is 2.71 bits per heavy atom. The normalized spacial score (nSPS) is 29.6. The van der Waals surface area contributed by atoms with Gasteiger partial charge in [-0.15, -0.1) is 0 Å². The smallest absolute Gasteiger partial charge is 0.306 e. The highest BCUT2D eigenvalue weighted by molar-refractivity contribution is 5.69. The third-order valence-corrected chi connectivity index (χ3v) is 8.94. The Kier molecular flexibility index (Phi) is 6.68. The van der Waals surface area contributed by atoms with Gasteiger partial charge in [-0.3, -0.25) is 4.79 Å². The maximum atomic E-state index is 13.1. The Hall–Kier alpha value is -2.36. The lowest BCUT2D eigenvalue weighted by Crippen LogP contribution is -2.45. The maximum Gasteiger partial charge on any atom is 0.306 e. The van der Waals surface area contributed by atoms with Crippen LogP contribution in [0.25, 0.3) is 0 Å². The number of benzene rings is 2. The molecule has 0 saturated heterocycles. The monoisotopic (exact) mass is 464 g/mol. The summed E-state index contributed by atoms with van der Waals surface area (Å²) in [5.74, 6) is 2.58. The van der Waals surface area contributed by atoms with E-state index >= 15 is 0 Å². The Morgan fingerprint density at radius 1 is 1.09 bits per heavy atom. The first kappa shape index (κ1) is 23.4. The molecular weight excluding hydrogens is 427 g/mol. The number of fused-ring (bicyclic) bond motifs is 5. The van der Waals surface area contributed by atoms with Crippen molar-refractivity contribution in [1.82, 2.24) is 0 Å². The fourth-order valence-corrected chi connectivity index (χ4v) is 7.08. The molecule has 3 aliphatic carbocycles. The van der Waals surface area contributed by atoms with Crippen molar-refractivity contribution < 1.29 is 18.7 Å². The highest BCUT2D eigenvalue weighted by atomic mass is 19.1. The second kappa shape index (κ2) is 9.71. The van der Waals surface area contributed by atoms with E-state index in [2.05, 4.69) is 32.0 Å². The first-order valence-corrected chi connectivity index (χ1v) is 13.2. The molecule has 0 heterocycles. The summed E-state index contributed by atoms with van der Waals surface area (Å²) in [7, 11) is 0. The number of halogens is 1. The fraction of sp³-hybridized carbons (Fsp3) is 0.567. The summed E-state index contributed by atoms with van der Waals surface area (Å²) >= 11 is 0. The van der Waals surface area contributed by atoms with Crippen molar-refractivity contribution in [2.75, 3.05) is 0 Å². The van der Waals surface area contributed by atoms with E-state index in [1.807, 2.05) is 0 Å². The predicted molar refractivity (Wildman–Crippen MR) is 131 cm³/mol. The van der Waals surface area contributed by atoms with Gasteiger partial charge in [-0.05, 0) is 104 Å².